The zero-order chi connectivity index (χ0) is 19.4. The maximum atomic E-state index is 12.3. The Labute approximate surface area is 151 Å². The molecule has 0 fully saturated rings. The summed E-state index contributed by atoms with van der Waals surface area (Å²) in [6, 6.07) is -0.859. The average Bonchev–Trinajstić information content (AvgIpc) is 2.52. The van der Waals surface area contributed by atoms with E-state index in [4.69, 9.17) is 9.47 Å². The molecule has 0 aromatic carbocycles. The van der Waals surface area contributed by atoms with Crippen LogP contribution in [-0.4, -0.2) is 35.7 Å². The Balaban J connectivity index is 3.42. The Kier molecular flexibility index (Phi) is 7.60. The SMILES string of the molecule is CCOC(=O)C1=C(C)[C@@H](OC(CC)CC)[C@H](C(C)(C)C)[C@@H]([N+](=O)[O-])C1. The Morgan fingerprint density at radius 2 is 1.84 bits per heavy atom. The summed E-state index contributed by atoms with van der Waals surface area (Å²) in [6.07, 6.45) is 1.32. The third-order valence-electron chi connectivity index (χ3n) is 5.10. The zero-order valence-corrected chi connectivity index (χ0v) is 16.6. The van der Waals surface area contributed by atoms with Gasteiger partial charge in [0.05, 0.1) is 24.7 Å². The highest BCUT2D eigenvalue weighted by Crippen LogP contribution is 2.44. The van der Waals surface area contributed by atoms with Gasteiger partial charge in [-0.1, -0.05) is 34.6 Å². The average molecular weight is 355 g/mol. The number of nitrogens with zero attached hydrogens (tertiary/aromatic N) is 1. The largest absolute Gasteiger partial charge is 0.463 e. The Morgan fingerprint density at radius 1 is 1.28 bits per heavy atom. The van der Waals surface area contributed by atoms with Crippen LogP contribution in [0, 0.1) is 21.4 Å². The Bertz CT molecular complexity index is 516. The molecule has 1 rings (SSSR count). The molecule has 0 aromatic rings. The summed E-state index contributed by atoms with van der Waals surface area (Å²) < 4.78 is 11.4. The molecule has 0 spiro atoms. The smallest absolute Gasteiger partial charge is 0.334 e. The van der Waals surface area contributed by atoms with Gasteiger partial charge in [-0.2, -0.15) is 0 Å². The minimum absolute atomic E-state index is 0.0127. The molecule has 6 heteroatoms. The van der Waals surface area contributed by atoms with Gasteiger partial charge in [-0.15, -0.1) is 0 Å². The summed E-state index contributed by atoms with van der Waals surface area (Å²) in [5.41, 5.74) is 0.860. The Morgan fingerprint density at radius 3 is 2.24 bits per heavy atom. The number of hydrogen-bond acceptors (Lipinski definition) is 5. The first-order valence-electron chi connectivity index (χ1n) is 9.24. The van der Waals surface area contributed by atoms with Crippen molar-refractivity contribution in [3.8, 4) is 0 Å². The maximum absolute atomic E-state index is 12.3. The van der Waals surface area contributed by atoms with Crippen LogP contribution in [0.1, 0.15) is 67.7 Å². The van der Waals surface area contributed by atoms with Gasteiger partial charge in [0.2, 0.25) is 6.04 Å². The topological polar surface area (TPSA) is 78.7 Å². The van der Waals surface area contributed by atoms with E-state index in [-0.39, 0.29) is 35.4 Å². The van der Waals surface area contributed by atoms with Crippen LogP contribution in [0.25, 0.3) is 0 Å². The van der Waals surface area contributed by atoms with Gasteiger partial charge >= 0.3 is 5.97 Å². The summed E-state index contributed by atoms with van der Waals surface area (Å²) in [5, 5.41) is 11.8. The van der Waals surface area contributed by atoms with E-state index in [1.54, 1.807) is 6.92 Å². The van der Waals surface area contributed by atoms with Crippen LogP contribution in [0.15, 0.2) is 11.1 Å². The third-order valence-corrected chi connectivity index (χ3v) is 5.10. The molecule has 6 nitrogen and oxygen atoms in total. The second-order valence-corrected chi connectivity index (χ2v) is 7.83. The van der Waals surface area contributed by atoms with Crippen molar-refractivity contribution in [3.63, 3.8) is 0 Å². The number of carbonyl (C=O) groups is 1. The predicted octanol–water partition coefficient (Wildman–Crippen LogP) is 4.15. The van der Waals surface area contributed by atoms with Crippen LogP contribution >= 0.6 is 0 Å². The first-order chi connectivity index (χ1) is 11.6. The lowest BCUT2D eigenvalue weighted by Crippen LogP contribution is -2.51. The fourth-order valence-electron chi connectivity index (χ4n) is 3.71. The lowest BCUT2D eigenvalue weighted by molar-refractivity contribution is -0.539. The molecule has 0 heterocycles. The number of rotatable bonds is 7. The molecule has 0 N–H and O–H groups in total. The number of esters is 1. The number of ether oxygens (including phenoxy) is 2. The monoisotopic (exact) mass is 355 g/mol. The highest BCUT2D eigenvalue weighted by Gasteiger charge is 2.51. The second kappa shape index (κ2) is 8.79. The molecule has 1 aliphatic rings. The van der Waals surface area contributed by atoms with Gasteiger partial charge in [0, 0.05) is 16.9 Å². The van der Waals surface area contributed by atoms with E-state index in [0.29, 0.717) is 5.57 Å². The van der Waals surface area contributed by atoms with Crippen molar-refractivity contribution in [2.75, 3.05) is 6.61 Å². The highest BCUT2D eigenvalue weighted by molar-refractivity contribution is 5.89. The van der Waals surface area contributed by atoms with Crippen molar-refractivity contribution in [2.45, 2.75) is 86.0 Å². The molecule has 0 aromatic heterocycles. The fraction of sp³-hybridized carbons (Fsp3) is 0.842. The highest BCUT2D eigenvalue weighted by atomic mass is 16.6. The van der Waals surface area contributed by atoms with Gasteiger partial charge < -0.3 is 9.47 Å². The van der Waals surface area contributed by atoms with Gasteiger partial charge in [0.15, 0.2) is 0 Å². The molecule has 25 heavy (non-hydrogen) atoms. The van der Waals surface area contributed by atoms with E-state index < -0.39 is 18.1 Å². The van der Waals surface area contributed by atoms with Crippen LogP contribution in [0.5, 0.6) is 0 Å². The van der Waals surface area contributed by atoms with Gasteiger partial charge in [-0.25, -0.2) is 4.79 Å². The van der Waals surface area contributed by atoms with Crippen LogP contribution in [0.4, 0.5) is 0 Å². The van der Waals surface area contributed by atoms with E-state index >= 15 is 0 Å². The van der Waals surface area contributed by atoms with Crippen molar-refractivity contribution in [2.24, 2.45) is 11.3 Å². The lowest BCUT2D eigenvalue weighted by Gasteiger charge is -2.43. The molecule has 0 amide bonds. The number of nitro groups is 1. The van der Waals surface area contributed by atoms with E-state index in [0.717, 1.165) is 18.4 Å². The first kappa shape index (κ1) is 21.6. The van der Waals surface area contributed by atoms with Crippen LogP contribution in [0.3, 0.4) is 0 Å². The number of hydrogen-bond donors (Lipinski definition) is 0. The van der Waals surface area contributed by atoms with E-state index in [1.807, 2.05) is 41.5 Å². The quantitative estimate of drug-likeness (QED) is 0.389. The van der Waals surface area contributed by atoms with Crippen LogP contribution < -0.4 is 0 Å². The van der Waals surface area contributed by atoms with Gasteiger partial charge in [0.1, 0.15) is 0 Å². The second-order valence-electron chi connectivity index (χ2n) is 7.83. The molecule has 0 bridgehead atoms. The van der Waals surface area contributed by atoms with Gasteiger partial charge in [-0.05, 0) is 37.7 Å². The van der Waals surface area contributed by atoms with Gasteiger partial charge in [0.25, 0.3) is 0 Å². The third kappa shape index (κ3) is 5.03. The summed E-state index contributed by atoms with van der Waals surface area (Å²) in [6.45, 7) is 13.9. The molecule has 3 atom stereocenters. The molecule has 0 aliphatic heterocycles. The zero-order valence-electron chi connectivity index (χ0n) is 16.6. The summed E-state index contributed by atoms with van der Waals surface area (Å²) >= 11 is 0. The van der Waals surface area contributed by atoms with Crippen molar-refractivity contribution < 1.29 is 19.2 Å². The first-order valence-corrected chi connectivity index (χ1v) is 9.24. The molecule has 0 saturated carbocycles. The standard InChI is InChI=1S/C19H33NO5/c1-8-13(9-2)25-17-12(4)14(18(21)24-10-3)11-15(20(22)23)16(17)19(5,6)7/h13,15-17H,8-11H2,1-7H3/t15-,16+,17+/m0/s1. The van der Waals surface area contributed by atoms with Crippen molar-refractivity contribution >= 4 is 5.97 Å². The minimum atomic E-state index is -0.859. The van der Waals surface area contributed by atoms with Gasteiger partial charge in [-0.3, -0.25) is 10.1 Å². The lowest BCUT2D eigenvalue weighted by atomic mass is 9.66. The number of carbonyl (C=O) groups excluding carboxylic acids is 1. The summed E-state index contributed by atoms with van der Waals surface area (Å²) in [5.74, 6) is -0.765. The predicted molar refractivity (Wildman–Crippen MR) is 96.9 cm³/mol. The van der Waals surface area contributed by atoms with E-state index in [1.165, 1.54) is 0 Å². The molecule has 1 aliphatic carbocycles. The summed E-state index contributed by atoms with van der Waals surface area (Å²) in [4.78, 5) is 23.9. The molecule has 0 unspecified atom stereocenters. The van der Waals surface area contributed by atoms with E-state index in [2.05, 4.69) is 0 Å². The van der Waals surface area contributed by atoms with Crippen molar-refractivity contribution in [1.82, 2.24) is 0 Å². The van der Waals surface area contributed by atoms with Crippen LogP contribution in [0.2, 0.25) is 0 Å². The van der Waals surface area contributed by atoms with E-state index in [9.17, 15) is 14.9 Å². The normalized spacial score (nSPS) is 24.6. The molecule has 144 valence electrons. The van der Waals surface area contributed by atoms with Crippen molar-refractivity contribution in [3.05, 3.63) is 21.3 Å². The minimum Gasteiger partial charge on any atom is -0.463 e. The van der Waals surface area contributed by atoms with Crippen molar-refractivity contribution in [1.29, 1.82) is 0 Å². The molecule has 0 radical (unpaired) electrons. The molecular formula is C19H33NO5. The summed E-state index contributed by atoms with van der Waals surface area (Å²) in [7, 11) is 0. The Hall–Kier alpha value is -1.43. The van der Waals surface area contributed by atoms with Crippen LogP contribution in [-0.2, 0) is 14.3 Å². The molecular weight excluding hydrogens is 322 g/mol. The fourth-order valence-corrected chi connectivity index (χ4v) is 3.71. The maximum Gasteiger partial charge on any atom is 0.334 e. The molecule has 0 saturated heterocycles.